The predicted molar refractivity (Wildman–Crippen MR) is 78.4 cm³/mol. The van der Waals surface area contributed by atoms with Gasteiger partial charge in [-0.3, -0.25) is 14.6 Å². The number of amides is 2. The van der Waals surface area contributed by atoms with Crippen LogP contribution < -0.4 is 5.32 Å². The van der Waals surface area contributed by atoms with Gasteiger partial charge in [-0.15, -0.1) is 11.8 Å². The number of hydrogen-bond acceptors (Lipinski definition) is 4. The quantitative estimate of drug-likeness (QED) is 0.850. The number of rotatable bonds is 4. The van der Waals surface area contributed by atoms with Gasteiger partial charge in [0.1, 0.15) is 6.04 Å². The van der Waals surface area contributed by atoms with Crippen molar-refractivity contribution < 1.29 is 9.59 Å². The molecule has 0 spiro atoms. The number of hydrogen-bond donors (Lipinski definition) is 1. The Balaban J connectivity index is 1.94. The van der Waals surface area contributed by atoms with Crippen molar-refractivity contribution in [3.8, 4) is 0 Å². The molecule has 1 atom stereocenters. The van der Waals surface area contributed by atoms with Crippen molar-refractivity contribution in [3.05, 3.63) is 24.5 Å². The van der Waals surface area contributed by atoms with Crippen LogP contribution in [0.1, 0.15) is 19.3 Å². The molecule has 108 valence electrons. The van der Waals surface area contributed by atoms with Gasteiger partial charge in [-0.25, -0.2) is 0 Å². The van der Waals surface area contributed by atoms with E-state index >= 15 is 0 Å². The second-order valence-corrected chi connectivity index (χ2v) is 5.73. The highest BCUT2D eigenvalue weighted by atomic mass is 32.2. The van der Waals surface area contributed by atoms with Crippen LogP contribution in [0.5, 0.6) is 0 Å². The van der Waals surface area contributed by atoms with Gasteiger partial charge < -0.3 is 10.2 Å². The normalized spacial score (nSPS) is 18.6. The fraction of sp³-hybridized carbons (Fsp3) is 0.500. The summed E-state index contributed by atoms with van der Waals surface area (Å²) in [5.74, 6) is 0.324. The molecule has 0 aromatic carbocycles. The van der Waals surface area contributed by atoms with Gasteiger partial charge in [-0.1, -0.05) is 0 Å². The summed E-state index contributed by atoms with van der Waals surface area (Å²) in [7, 11) is 1.62. The maximum atomic E-state index is 12.3. The average Bonchev–Trinajstić information content (AvgIpc) is 2.52. The number of carbonyl (C=O) groups is 2. The highest BCUT2D eigenvalue weighted by Crippen LogP contribution is 2.21. The van der Waals surface area contributed by atoms with E-state index in [0.29, 0.717) is 12.3 Å². The lowest BCUT2D eigenvalue weighted by Crippen LogP contribution is -2.51. The third-order valence-electron chi connectivity index (χ3n) is 3.38. The largest absolute Gasteiger partial charge is 0.357 e. The summed E-state index contributed by atoms with van der Waals surface area (Å²) in [5.41, 5.74) is 0. The molecular formula is C14H19N3O2S. The maximum absolute atomic E-state index is 12.3. The van der Waals surface area contributed by atoms with Crippen molar-refractivity contribution in [1.29, 1.82) is 0 Å². The third-order valence-corrected chi connectivity index (χ3v) is 4.38. The van der Waals surface area contributed by atoms with Crippen molar-refractivity contribution in [2.24, 2.45) is 0 Å². The van der Waals surface area contributed by atoms with Crippen LogP contribution in [0.2, 0.25) is 0 Å². The number of likely N-dealkylation sites (tertiary alicyclic amines) is 1. The Hall–Kier alpha value is -1.56. The maximum Gasteiger partial charge on any atom is 0.242 e. The zero-order valence-corrected chi connectivity index (χ0v) is 12.4. The first-order valence-electron chi connectivity index (χ1n) is 6.76. The van der Waals surface area contributed by atoms with Gasteiger partial charge in [-0.05, 0) is 31.4 Å². The first-order chi connectivity index (χ1) is 9.72. The monoisotopic (exact) mass is 293 g/mol. The van der Waals surface area contributed by atoms with E-state index in [1.807, 2.05) is 12.1 Å². The van der Waals surface area contributed by atoms with E-state index in [0.717, 1.165) is 24.2 Å². The molecule has 0 radical (unpaired) electrons. The summed E-state index contributed by atoms with van der Waals surface area (Å²) in [6, 6.07) is 3.45. The Bertz CT molecular complexity index is 467. The molecule has 6 heteroatoms. The van der Waals surface area contributed by atoms with E-state index < -0.39 is 0 Å². The Morgan fingerprint density at radius 2 is 2.15 bits per heavy atom. The van der Waals surface area contributed by atoms with Gasteiger partial charge in [-0.2, -0.15) is 0 Å². The fourth-order valence-corrected chi connectivity index (χ4v) is 3.10. The first-order valence-corrected chi connectivity index (χ1v) is 7.75. The number of nitrogens with zero attached hydrogens (tertiary/aromatic N) is 2. The Morgan fingerprint density at radius 1 is 1.40 bits per heavy atom. The highest BCUT2D eigenvalue weighted by molar-refractivity contribution is 8.00. The third kappa shape index (κ3) is 3.72. The van der Waals surface area contributed by atoms with Gasteiger partial charge in [0.05, 0.1) is 5.75 Å². The summed E-state index contributed by atoms with van der Waals surface area (Å²) in [5, 5.41) is 2.65. The van der Waals surface area contributed by atoms with Crippen molar-refractivity contribution in [2.45, 2.75) is 30.2 Å². The Kier molecular flexibility index (Phi) is 5.40. The molecule has 2 heterocycles. The zero-order valence-electron chi connectivity index (χ0n) is 11.5. The van der Waals surface area contributed by atoms with Crippen LogP contribution in [-0.4, -0.2) is 47.1 Å². The molecule has 0 aliphatic carbocycles. The molecule has 2 amide bonds. The number of carbonyl (C=O) groups excluding carboxylic acids is 2. The van der Waals surface area contributed by atoms with E-state index in [1.54, 1.807) is 24.3 Å². The smallest absolute Gasteiger partial charge is 0.242 e. The summed E-state index contributed by atoms with van der Waals surface area (Å²) in [6.07, 6.45) is 6.14. The van der Waals surface area contributed by atoms with Crippen LogP contribution in [0, 0.1) is 0 Å². The minimum absolute atomic E-state index is 0.0279. The van der Waals surface area contributed by atoms with Crippen molar-refractivity contribution in [2.75, 3.05) is 19.3 Å². The molecule has 2 rings (SSSR count). The second-order valence-electron chi connectivity index (χ2n) is 4.68. The van der Waals surface area contributed by atoms with Crippen molar-refractivity contribution in [3.63, 3.8) is 0 Å². The number of pyridine rings is 1. The molecule has 1 aromatic rings. The van der Waals surface area contributed by atoms with Crippen LogP contribution in [0.3, 0.4) is 0 Å². The van der Waals surface area contributed by atoms with Crippen LogP contribution >= 0.6 is 11.8 Å². The van der Waals surface area contributed by atoms with Gasteiger partial charge in [0.2, 0.25) is 11.8 Å². The van der Waals surface area contributed by atoms with E-state index in [-0.39, 0.29) is 17.9 Å². The molecule has 0 bridgehead atoms. The number of thioether (sulfide) groups is 1. The molecular weight excluding hydrogens is 274 g/mol. The topological polar surface area (TPSA) is 62.3 Å². The van der Waals surface area contributed by atoms with Crippen LogP contribution in [0.15, 0.2) is 29.4 Å². The van der Waals surface area contributed by atoms with Crippen molar-refractivity contribution in [1.82, 2.24) is 15.2 Å². The van der Waals surface area contributed by atoms with Gasteiger partial charge in [0, 0.05) is 30.9 Å². The molecule has 1 saturated heterocycles. The standard InChI is InChI=1S/C14H19N3O2S/c1-15-14(19)12-4-2-3-9-17(12)13(18)10-20-11-5-7-16-8-6-11/h5-8,12H,2-4,9-10H2,1H3,(H,15,19)/t12-/m1/s1. The minimum Gasteiger partial charge on any atom is -0.357 e. The number of piperidine rings is 1. The van der Waals surface area contributed by atoms with Crippen LogP contribution in [-0.2, 0) is 9.59 Å². The molecule has 1 aliphatic rings. The second kappa shape index (κ2) is 7.28. The lowest BCUT2D eigenvalue weighted by atomic mass is 10.0. The van der Waals surface area contributed by atoms with Crippen LogP contribution in [0.25, 0.3) is 0 Å². The fourth-order valence-electron chi connectivity index (χ4n) is 2.33. The molecule has 20 heavy (non-hydrogen) atoms. The number of aromatic nitrogens is 1. The summed E-state index contributed by atoms with van der Waals surface area (Å²) in [4.78, 5) is 30.8. The lowest BCUT2D eigenvalue weighted by molar-refractivity contribution is -0.140. The molecule has 1 aromatic heterocycles. The predicted octanol–water partition coefficient (Wildman–Crippen LogP) is 1.30. The zero-order chi connectivity index (χ0) is 14.4. The molecule has 1 fully saturated rings. The van der Waals surface area contributed by atoms with Crippen molar-refractivity contribution >= 4 is 23.6 Å². The lowest BCUT2D eigenvalue weighted by Gasteiger charge is -2.34. The summed E-state index contributed by atoms with van der Waals surface area (Å²) in [6.45, 7) is 0.674. The minimum atomic E-state index is -0.306. The van der Waals surface area contributed by atoms with Gasteiger partial charge in [0.25, 0.3) is 0 Å². The number of nitrogens with one attached hydrogen (secondary N) is 1. The molecule has 0 unspecified atom stereocenters. The van der Waals surface area contributed by atoms with E-state index in [2.05, 4.69) is 10.3 Å². The average molecular weight is 293 g/mol. The van der Waals surface area contributed by atoms with Gasteiger partial charge in [0.15, 0.2) is 0 Å². The van der Waals surface area contributed by atoms with E-state index in [4.69, 9.17) is 0 Å². The molecule has 1 aliphatic heterocycles. The van der Waals surface area contributed by atoms with Gasteiger partial charge >= 0.3 is 0 Å². The number of likely N-dealkylation sites (N-methyl/N-ethyl adjacent to an activating group) is 1. The Morgan fingerprint density at radius 3 is 2.85 bits per heavy atom. The molecule has 5 nitrogen and oxygen atoms in total. The highest BCUT2D eigenvalue weighted by Gasteiger charge is 2.31. The Labute approximate surface area is 123 Å². The van der Waals surface area contributed by atoms with Crippen LogP contribution in [0.4, 0.5) is 0 Å². The van der Waals surface area contributed by atoms with E-state index in [1.165, 1.54) is 11.8 Å². The summed E-state index contributed by atoms with van der Waals surface area (Å²) >= 11 is 1.48. The SMILES string of the molecule is CNC(=O)[C@H]1CCCCN1C(=O)CSc1ccncc1. The van der Waals surface area contributed by atoms with E-state index in [9.17, 15) is 9.59 Å². The summed E-state index contributed by atoms with van der Waals surface area (Å²) < 4.78 is 0. The molecule has 0 saturated carbocycles. The molecule has 1 N–H and O–H groups in total. The first kappa shape index (κ1) is 14.8.